The summed E-state index contributed by atoms with van der Waals surface area (Å²) in [4.78, 5) is 31.5. The Morgan fingerprint density at radius 1 is 1.15 bits per heavy atom. The van der Waals surface area contributed by atoms with Crippen molar-refractivity contribution in [2.24, 2.45) is 0 Å². The molecule has 172 valence electrons. The Bertz CT molecular complexity index is 1150. The van der Waals surface area contributed by atoms with E-state index in [0.29, 0.717) is 49.0 Å². The van der Waals surface area contributed by atoms with Gasteiger partial charge >= 0.3 is 0 Å². The molecule has 33 heavy (non-hydrogen) atoms. The molecule has 1 aliphatic heterocycles. The Morgan fingerprint density at radius 3 is 2.58 bits per heavy atom. The van der Waals surface area contributed by atoms with Crippen LogP contribution in [0.15, 0.2) is 65.1 Å². The lowest BCUT2D eigenvalue weighted by Gasteiger charge is -2.23. The van der Waals surface area contributed by atoms with E-state index >= 15 is 0 Å². The Balaban J connectivity index is 1.65. The number of nitrogens with zero attached hydrogens (tertiary/aromatic N) is 3. The maximum absolute atomic E-state index is 13.0. The number of benzene rings is 1. The van der Waals surface area contributed by atoms with E-state index in [1.165, 1.54) is 4.90 Å². The third-order valence-electron chi connectivity index (χ3n) is 5.55. The normalized spacial score (nSPS) is 17.6. The van der Waals surface area contributed by atoms with Crippen molar-refractivity contribution in [3.05, 3.63) is 77.8 Å². The third kappa shape index (κ3) is 4.69. The summed E-state index contributed by atoms with van der Waals surface area (Å²) in [5.41, 5.74) is 0.461. The Morgan fingerprint density at radius 2 is 1.94 bits per heavy atom. The van der Waals surface area contributed by atoms with Crippen LogP contribution in [0.2, 0.25) is 0 Å². The fourth-order valence-corrected chi connectivity index (χ4v) is 3.93. The smallest absolute Gasteiger partial charge is 0.295 e. The van der Waals surface area contributed by atoms with Gasteiger partial charge in [-0.3, -0.25) is 9.59 Å². The summed E-state index contributed by atoms with van der Waals surface area (Å²) in [6.45, 7) is 5.38. The quantitative estimate of drug-likeness (QED) is 0.300. The van der Waals surface area contributed by atoms with Gasteiger partial charge in [-0.25, -0.2) is 4.98 Å². The molecule has 1 N–H and O–H groups in total. The van der Waals surface area contributed by atoms with Crippen molar-refractivity contribution in [3.8, 4) is 5.75 Å². The van der Waals surface area contributed by atoms with Gasteiger partial charge in [0.05, 0.1) is 18.5 Å². The predicted molar refractivity (Wildman–Crippen MR) is 122 cm³/mol. The molecular weight excluding hydrogens is 422 g/mol. The van der Waals surface area contributed by atoms with E-state index in [9.17, 15) is 14.7 Å². The fraction of sp³-hybridized carbons (Fsp3) is 0.320. The molecule has 0 aliphatic carbocycles. The minimum absolute atomic E-state index is 0.0270. The van der Waals surface area contributed by atoms with E-state index in [4.69, 9.17) is 9.15 Å². The number of aromatic nitrogens is 2. The van der Waals surface area contributed by atoms with Gasteiger partial charge in [-0.2, -0.15) is 0 Å². The average Bonchev–Trinajstić information content (AvgIpc) is 3.54. The minimum Gasteiger partial charge on any atom is -0.507 e. The lowest BCUT2D eigenvalue weighted by molar-refractivity contribution is -0.140. The highest BCUT2D eigenvalue weighted by molar-refractivity contribution is 6.46. The number of hydrogen-bond donors (Lipinski definition) is 1. The van der Waals surface area contributed by atoms with Crippen molar-refractivity contribution >= 4 is 17.4 Å². The first kappa shape index (κ1) is 22.4. The number of aryl methyl sites for hydroxylation is 2. The number of ketones is 1. The molecule has 1 saturated heterocycles. The first-order chi connectivity index (χ1) is 16.0. The van der Waals surface area contributed by atoms with Crippen LogP contribution >= 0.6 is 0 Å². The van der Waals surface area contributed by atoms with Gasteiger partial charge in [-0.15, -0.1) is 0 Å². The number of carbonyl (C=O) groups excluding carboxylic acids is 2. The van der Waals surface area contributed by atoms with E-state index in [0.717, 1.165) is 6.42 Å². The number of ether oxygens (including phenoxy) is 1. The van der Waals surface area contributed by atoms with Gasteiger partial charge < -0.3 is 23.7 Å². The molecule has 0 unspecified atom stereocenters. The average molecular weight is 450 g/mol. The van der Waals surface area contributed by atoms with Gasteiger partial charge in [0.2, 0.25) is 0 Å². The molecule has 0 radical (unpaired) electrons. The SMILES string of the molecule is CCCOc1ccc(/C(O)=C2\C(=O)C(=O)N(CCCn3ccnc3)[C@H]2c2ccc(C)o2)cc1. The van der Waals surface area contributed by atoms with Crippen molar-refractivity contribution in [2.45, 2.75) is 39.3 Å². The maximum atomic E-state index is 13.0. The minimum atomic E-state index is -0.794. The van der Waals surface area contributed by atoms with Gasteiger partial charge in [0, 0.05) is 31.0 Å². The zero-order valence-electron chi connectivity index (χ0n) is 18.7. The highest BCUT2D eigenvalue weighted by atomic mass is 16.5. The zero-order chi connectivity index (χ0) is 23.4. The summed E-state index contributed by atoms with van der Waals surface area (Å²) >= 11 is 0. The number of rotatable bonds is 9. The molecule has 8 nitrogen and oxygen atoms in total. The van der Waals surface area contributed by atoms with Gasteiger partial charge in [-0.1, -0.05) is 6.92 Å². The van der Waals surface area contributed by atoms with Crippen LogP contribution in [-0.4, -0.2) is 44.4 Å². The number of carbonyl (C=O) groups is 2. The molecule has 3 aromatic rings. The predicted octanol–water partition coefficient (Wildman–Crippen LogP) is 4.09. The molecule has 1 aromatic carbocycles. The summed E-state index contributed by atoms with van der Waals surface area (Å²) in [6.07, 6.45) is 6.73. The molecule has 1 amide bonds. The van der Waals surface area contributed by atoms with Crippen molar-refractivity contribution < 1.29 is 23.8 Å². The van der Waals surface area contributed by atoms with E-state index in [1.807, 2.05) is 17.7 Å². The summed E-state index contributed by atoms with van der Waals surface area (Å²) in [7, 11) is 0. The molecule has 8 heteroatoms. The van der Waals surface area contributed by atoms with Crippen molar-refractivity contribution in [1.82, 2.24) is 14.5 Å². The summed E-state index contributed by atoms with van der Waals surface area (Å²) < 4.78 is 13.3. The molecule has 4 rings (SSSR count). The summed E-state index contributed by atoms with van der Waals surface area (Å²) in [5.74, 6) is 0.174. The van der Waals surface area contributed by atoms with Crippen LogP contribution in [0.25, 0.3) is 5.76 Å². The lowest BCUT2D eigenvalue weighted by Crippen LogP contribution is -2.31. The molecule has 1 atom stereocenters. The Labute approximate surface area is 192 Å². The first-order valence-electron chi connectivity index (χ1n) is 11.0. The van der Waals surface area contributed by atoms with Crippen LogP contribution in [0.1, 0.15) is 42.9 Å². The molecular formula is C25H27N3O5. The van der Waals surface area contributed by atoms with Gasteiger partial charge in [-0.05, 0) is 56.2 Å². The standard InChI is InChI=1S/C25H27N3O5/c1-3-15-32-19-8-6-18(7-9-19)23(29)21-22(20-10-5-17(2)33-20)28(25(31)24(21)30)13-4-12-27-14-11-26-16-27/h5-11,14,16,22,29H,3-4,12-13,15H2,1-2H3/b23-21+/t22-/m0/s1. The van der Waals surface area contributed by atoms with E-state index < -0.39 is 17.7 Å². The van der Waals surface area contributed by atoms with Crippen molar-refractivity contribution in [2.75, 3.05) is 13.2 Å². The molecule has 3 heterocycles. The number of furan rings is 1. The van der Waals surface area contributed by atoms with Gasteiger partial charge in [0.15, 0.2) is 0 Å². The highest BCUT2D eigenvalue weighted by Gasteiger charge is 2.47. The molecule has 0 bridgehead atoms. The second-order valence-electron chi connectivity index (χ2n) is 7.97. The Kier molecular flexibility index (Phi) is 6.63. The number of amides is 1. The summed E-state index contributed by atoms with van der Waals surface area (Å²) in [6, 6.07) is 9.55. The van der Waals surface area contributed by atoms with Crippen LogP contribution in [0.3, 0.4) is 0 Å². The number of imidazole rings is 1. The topological polar surface area (TPSA) is 97.8 Å². The third-order valence-corrected chi connectivity index (χ3v) is 5.55. The number of aliphatic hydroxyl groups excluding tert-OH is 1. The maximum Gasteiger partial charge on any atom is 0.295 e. The first-order valence-corrected chi connectivity index (χ1v) is 11.0. The van der Waals surface area contributed by atoms with Crippen molar-refractivity contribution in [1.29, 1.82) is 0 Å². The highest BCUT2D eigenvalue weighted by Crippen LogP contribution is 2.40. The fourth-order valence-electron chi connectivity index (χ4n) is 3.93. The molecule has 1 fully saturated rings. The van der Waals surface area contributed by atoms with Crippen LogP contribution in [0.5, 0.6) is 5.75 Å². The number of aliphatic hydroxyl groups is 1. The number of Topliss-reactive ketones (excluding diaryl/α,β-unsaturated/α-hetero) is 1. The van der Waals surface area contributed by atoms with E-state index in [-0.39, 0.29) is 11.3 Å². The molecule has 0 spiro atoms. The van der Waals surface area contributed by atoms with Gasteiger partial charge in [0.1, 0.15) is 29.1 Å². The second-order valence-corrected chi connectivity index (χ2v) is 7.97. The molecule has 2 aromatic heterocycles. The Hall–Kier alpha value is -3.81. The van der Waals surface area contributed by atoms with E-state index in [1.54, 1.807) is 55.8 Å². The number of likely N-dealkylation sites (tertiary alicyclic amines) is 1. The zero-order valence-corrected chi connectivity index (χ0v) is 18.7. The van der Waals surface area contributed by atoms with Crippen LogP contribution in [0, 0.1) is 6.92 Å². The van der Waals surface area contributed by atoms with Crippen LogP contribution in [0.4, 0.5) is 0 Å². The largest absolute Gasteiger partial charge is 0.507 e. The van der Waals surface area contributed by atoms with E-state index in [2.05, 4.69) is 4.98 Å². The van der Waals surface area contributed by atoms with Gasteiger partial charge in [0.25, 0.3) is 11.7 Å². The van der Waals surface area contributed by atoms with Crippen LogP contribution in [-0.2, 0) is 16.1 Å². The summed E-state index contributed by atoms with van der Waals surface area (Å²) in [5, 5.41) is 11.1. The number of hydrogen-bond acceptors (Lipinski definition) is 6. The molecule has 0 saturated carbocycles. The second kappa shape index (κ2) is 9.77. The van der Waals surface area contributed by atoms with Crippen molar-refractivity contribution in [3.63, 3.8) is 0 Å². The monoisotopic (exact) mass is 449 g/mol. The van der Waals surface area contributed by atoms with Crippen LogP contribution < -0.4 is 4.74 Å². The molecule has 1 aliphatic rings. The lowest BCUT2D eigenvalue weighted by atomic mass is 9.99.